The Hall–Kier alpha value is -4.59. The Morgan fingerprint density at radius 2 is 1.62 bits per heavy atom. The number of anilines is 3. The number of carbonyl (C=O) groups is 3. The molecule has 4 aromatic carbocycles. The van der Waals surface area contributed by atoms with Gasteiger partial charge in [-0.05, 0) is 72.4 Å². The molecule has 50 heavy (non-hydrogen) atoms. The highest BCUT2D eigenvalue weighted by molar-refractivity contribution is 6.36. The molecular formula is C41H42Cl2N4O3. The third-order valence-electron chi connectivity index (χ3n) is 9.96. The lowest BCUT2D eigenvalue weighted by Gasteiger charge is -2.30. The Morgan fingerprint density at radius 3 is 2.32 bits per heavy atom. The molecule has 6 rings (SSSR count). The number of primary amides is 1. The minimum Gasteiger partial charge on any atom is -0.369 e. The maximum absolute atomic E-state index is 14.8. The van der Waals surface area contributed by atoms with Crippen molar-refractivity contribution in [3.63, 3.8) is 0 Å². The summed E-state index contributed by atoms with van der Waals surface area (Å²) < 4.78 is 0. The van der Waals surface area contributed by atoms with Gasteiger partial charge in [-0.2, -0.15) is 0 Å². The normalized spacial score (nSPS) is 17.5. The molecule has 0 bridgehead atoms. The van der Waals surface area contributed by atoms with Gasteiger partial charge in [0.25, 0.3) is 5.91 Å². The smallest absolute Gasteiger partial charge is 0.251 e. The molecule has 3 N–H and O–H groups in total. The first-order chi connectivity index (χ1) is 24.2. The molecule has 0 aromatic heterocycles. The van der Waals surface area contributed by atoms with Crippen molar-refractivity contribution in [1.29, 1.82) is 0 Å². The molecule has 0 spiro atoms. The molecule has 258 valence electrons. The molecule has 1 heterocycles. The molecule has 2 aliphatic rings. The van der Waals surface area contributed by atoms with Gasteiger partial charge in [0.15, 0.2) is 0 Å². The first kappa shape index (κ1) is 35.2. The number of halogens is 2. The molecule has 0 saturated heterocycles. The number of nitrogens with zero attached hydrogens (tertiary/aromatic N) is 2. The van der Waals surface area contributed by atoms with E-state index < -0.39 is 23.8 Å². The highest BCUT2D eigenvalue weighted by Gasteiger charge is 2.39. The van der Waals surface area contributed by atoms with Crippen molar-refractivity contribution in [3.8, 4) is 11.1 Å². The molecule has 7 nitrogen and oxygen atoms in total. The van der Waals surface area contributed by atoms with Gasteiger partial charge in [0, 0.05) is 21.3 Å². The highest BCUT2D eigenvalue weighted by atomic mass is 35.5. The van der Waals surface area contributed by atoms with E-state index in [1.54, 1.807) is 23.1 Å². The second-order valence-corrected chi connectivity index (χ2v) is 14.1. The van der Waals surface area contributed by atoms with Crippen LogP contribution in [0.1, 0.15) is 44.1 Å². The Kier molecular flexibility index (Phi) is 11.3. The number of allylic oxidation sites excluding steroid dienone is 1. The lowest BCUT2D eigenvalue weighted by atomic mass is 9.80. The monoisotopic (exact) mass is 708 g/mol. The summed E-state index contributed by atoms with van der Waals surface area (Å²) in [4.78, 5) is 45.7. The zero-order valence-electron chi connectivity index (χ0n) is 27.9. The van der Waals surface area contributed by atoms with E-state index in [-0.39, 0.29) is 24.9 Å². The van der Waals surface area contributed by atoms with Crippen LogP contribution in [0.2, 0.25) is 10.0 Å². The summed E-state index contributed by atoms with van der Waals surface area (Å²) >= 11 is 12.7. The second kappa shape index (κ2) is 16.0. The third-order valence-corrected chi connectivity index (χ3v) is 10.5. The summed E-state index contributed by atoms with van der Waals surface area (Å²) in [6.07, 6.45) is 6.71. The summed E-state index contributed by atoms with van der Waals surface area (Å²) in [6, 6.07) is 30.0. The van der Waals surface area contributed by atoms with Crippen molar-refractivity contribution < 1.29 is 14.4 Å². The first-order valence-electron chi connectivity index (χ1n) is 17.2. The van der Waals surface area contributed by atoms with Crippen LogP contribution in [0.3, 0.4) is 0 Å². The maximum atomic E-state index is 14.8. The quantitative estimate of drug-likeness (QED) is 0.144. The van der Waals surface area contributed by atoms with Crippen LogP contribution in [-0.2, 0) is 20.9 Å². The van der Waals surface area contributed by atoms with E-state index >= 15 is 0 Å². The summed E-state index contributed by atoms with van der Waals surface area (Å²) in [5, 5.41) is 4.22. The molecule has 1 aliphatic heterocycles. The van der Waals surface area contributed by atoms with E-state index in [0.29, 0.717) is 28.8 Å². The lowest BCUT2D eigenvalue weighted by molar-refractivity contribution is -0.135. The fraction of sp³-hybridized carbons (Fsp3) is 0.293. The molecule has 9 heteroatoms. The van der Waals surface area contributed by atoms with Gasteiger partial charge in [0.1, 0.15) is 6.04 Å². The molecule has 0 radical (unpaired) electrons. The number of nitrogens with two attached hydrogens (primary N) is 1. The standard InChI is InChI=1S/C41H42Cl2N4O3/c1-2-11-33(39(44)48)34(23-27-12-6-7-13-27)40(49)45-36-26-46(31-16-4-3-5-17-31)37-18-8-9-19-38(37)47(41(36)50)25-28-14-10-15-29(22-28)32-21-20-30(42)24-35(32)43/h2-5,8-10,14-22,24,27,33-34,36H,1,6-7,11-13,23,25-26H2,(H2,44,48)(H,45,49)/t33-,34+,36?/m0/s1. The average molecular weight is 710 g/mol. The zero-order valence-corrected chi connectivity index (χ0v) is 29.5. The molecule has 4 aromatic rings. The van der Waals surface area contributed by atoms with Gasteiger partial charge in [-0.15, -0.1) is 6.58 Å². The SMILES string of the molecule is C=CC[C@H](C(N)=O)[C@@H](CC1CCCC1)C(=O)NC1CN(c2ccccc2)c2ccccc2N(Cc2cccc(-c3ccc(Cl)cc3Cl)c2)C1=O. The summed E-state index contributed by atoms with van der Waals surface area (Å²) in [5.41, 5.74) is 10.9. The van der Waals surface area contributed by atoms with Crippen LogP contribution in [0.15, 0.2) is 110 Å². The number of hydrogen-bond acceptors (Lipinski definition) is 4. The number of para-hydroxylation sites is 3. The van der Waals surface area contributed by atoms with Gasteiger partial charge >= 0.3 is 0 Å². The van der Waals surface area contributed by atoms with Crippen molar-refractivity contribution in [3.05, 3.63) is 125 Å². The molecule has 1 fully saturated rings. The summed E-state index contributed by atoms with van der Waals surface area (Å²) in [5.74, 6) is -2.18. The number of hydrogen-bond donors (Lipinski definition) is 2. The fourth-order valence-electron chi connectivity index (χ4n) is 7.45. The van der Waals surface area contributed by atoms with Crippen molar-refractivity contribution >= 4 is 58.0 Å². The van der Waals surface area contributed by atoms with Crippen molar-refractivity contribution in [2.45, 2.75) is 51.1 Å². The minimum absolute atomic E-state index is 0.196. The van der Waals surface area contributed by atoms with Gasteiger partial charge < -0.3 is 20.9 Å². The van der Waals surface area contributed by atoms with Crippen LogP contribution >= 0.6 is 23.2 Å². The van der Waals surface area contributed by atoms with Gasteiger partial charge in [-0.3, -0.25) is 14.4 Å². The Bertz CT molecular complexity index is 1860. The Balaban J connectivity index is 1.38. The van der Waals surface area contributed by atoms with E-state index in [4.69, 9.17) is 28.9 Å². The lowest BCUT2D eigenvalue weighted by Crippen LogP contribution is -2.54. The van der Waals surface area contributed by atoms with E-state index in [1.807, 2.05) is 84.9 Å². The number of amides is 3. The van der Waals surface area contributed by atoms with Crippen LogP contribution < -0.4 is 20.9 Å². The van der Waals surface area contributed by atoms with Crippen LogP contribution in [0.5, 0.6) is 0 Å². The Morgan fingerprint density at radius 1 is 0.900 bits per heavy atom. The second-order valence-electron chi connectivity index (χ2n) is 13.3. The highest BCUT2D eigenvalue weighted by Crippen LogP contribution is 2.39. The third kappa shape index (κ3) is 7.90. The van der Waals surface area contributed by atoms with Gasteiger partial charge in [0.2, 0.25) is 11.8 Å². The number of nitrogens with one attached hydrogen (secondary N) is 1. The molecule has 1 unspecified atom stereocenters. The predicted octanol–water partition coefficient (Wildman–Crippen LogP) is 8.70. The maximum Gasteiger partial charge on any atom is 0.251 e. The summed E-state index contributed by atoms with van der Waals surface area (Å²) in [6.45, 7) is 4.27. The molecule has 3 amide bonds. The fourth-order valence-corrected chi connectivity index (χ4v) is 7.97. The van der Waals surface area contributed by atoms with Crippen LogP contribution in [0.25, 0.3) is 11.1 Å². The number of fused-ring (bicyclic) bond motifs is 1. The minimum atomic E-state index is -0.924. The van der Waals surface area contributed by atoms with E-state index in [0.717, 1.165) is 59.4 Å². The predicted molar refractivity (Wildman–Crippen MR) is 202 cm³/mol. The van der Waals surface area contributed by atoms with Gasteiger partial charge in [-0.25, -0.2) is 0 Å². The molecule has 1 saturated carbocycles. The van der Waals surface area contributed by atoms with Crippen LogP contribution in [0, 0.1) is 17.8 Å². The molecular weight excluding hydrogens is 667 g/mol. The largest absolute Gasteiger partial charge is 0.369 e. The van der Waals surface area contributed by atoms with Crippen molar-refractivity contribution in [2.24, 2.45) is 23.5 Å². The number of rotatable bonds is 12. The summed E-state index contributed by atoms with van der Waals surface area (Å²) in [7, 11) is 0. The van der Waals surface area contributed by atoms with Crippen LogP contribution in [-0.4, -0.2) is 30.3 Å². The van der Waals surface area contributed by atoms with E-state index in [9.17, 15) is 14.4 Å². The zero-order chi connectivity index (χ0) is 35.2. The average Bonchev–Trinajstić information content (AvgIpc) is 3.60. The topological polar surface area (TPSA) is 95.7 Å². The van der Waals surface area contributed by atoms with Gasteiger partial charge in [-0.1, -0.05) is 110 Å². The van der Waals surface area contributed by atoms with Crippen molar-refractivity contribution in [2.75, 3.05) is 16.3 Å². The van der Waals surface area contributed by atoms with E-state index in [2.05, 4.69) is 16.8 Å². The molecule has 3 atom stereocenters. The van der Waals surface area contributed by atoms with E-state index in [1.165, 1.54) is 0 Å². The number of carbonyl (C=O) groups excluding carboxylic acids is 3. The Labute approximate surface area is 304 Å². The first-order valence-corrected chi connectivity index (χ1v) is 18.0. The molecule has 1 aliphatic carbocycles. The number of benzene rings is 4. The van der Waals surface area contributed by atoms with Crippen LogP contribution in [0.4, 0.5) is 17.1 Å². The van der Waals surface area contributed by atoms with Crippen molar-refractivity contribution in [1.82, 2.24) is 5.32 Å². The van der Waals surface area contributed by atoms with Gasteiger partial charge in [0.05, 0.1) is 36.3 Å².